The van der Waals surface area contributed by atoms with Crippen molar-refractivity contribution in [1.82, 2.24) is 4.57 Å². The summed E-state index contributed by atoms with van der Waals surface area (Å²) in [6.07, 6.45) is 0. The predicted molar refractivity (Wildman–Crippen MR) is 193 cm³/mol. The smallest absolute Gasteiger partial charge is 0.509 e. The van der Waals surface area contributed by atoms with Crippen molar-refractivity contribution >= 4 is 44.6 Å². The first-order chi connectivity index (χ1) is 22.7. The first-order valence-electron chi connectivity index (χ1n) is 16.0. The van der Waals surface area contributed by atoms with E-state index in [-0.39, 0.29) is 26.5 Å². The molecule has 0 saturated carbocycles. The van der Waals surface area contributed by atoms with Gasteiger partial charge in [-0.2, -0.15) is 35.4 Å². The van der Waals surface area contributed by atoms with Crippen molar-refractivity contribution in [2.75, 3.05) is 9.80 Å². The molecule has 4 nitrogen and oxygen atoms in total. The van der Waals surface area contributed by atoms with Gasteiger partial charge in [0.25, 0.3) is 0 Å². The number of aryl methyl sites for hydroxylation is 2. The van der Waals surface area contributed by atoms with Crippen LogP contribution in [0, 0.1) is 38.7 Å². The number of para-hydroxylation sites is 3. The summed E-state index contributed by atoms with van der Waals surface area (Å²) >= 11 is 0. The van der Waals surface area contributed by atoms with Gasteiger partial charge in [-0.15, -0.1) is 54.1 Å². The van der Waals surface area contributed by atoms with Gasteiger partial charge in [0.15, 0.2) is 0 Å². The number of rotatable bonds is 5. The minimum atomic E-state index is 0. The van der Waals surface area contributed by atoms with E-state index in [0.717, 1.165) is 44.9 Å². The molecule has 5 heteroatoms. The van der Waals surface area contributed by atoms with Crippen LogP contribution in [0.5, 0.6) is 11.5 Å². The fraction of sp³-hybridized carbons (Fsp3) is 0.140. The second-order valence-electron chi connectivity index (χ2n) is 13.3. The quantitative estimate of drug-likeness (QED) is 0.162. The summed E-state index contributed by atoms with van der Waals surface area (Å²) in [4.78, 5) is 4.42. The maximum absolute atomic E-state index is 6.48. The van der Waals surface area contributed by atoms with Crippen molar-refractivity contribution in [3.8, 4) is 17.2 Å². The van der Waals surface area contributed by atoms with Gasteiger partial charge in [0.2, 0.25) is 0 Å². The second-order valence-corrected chi connectivity index (χ2v) is 13.3. The molecule has 0 unspecified atom stereocenters. The molecule has 1 aromatic heterocycles. The monoisotopic (exact) mass is 804 g/mol. The first-order valence-corrected chi connectivity index (χ1v) is 16.0. The van der Waals surface area contributed by atoms with Gasteiger partial charge in [-0.3, -0.25) is 0 Å². The zero-order valence-corrected chi connectivity index (χ0v) is 29.9. The van der Waals surface area contributed by atoms with Crippen LogP contribution in [0.4, 0.5) is 22.7 Å². The average Bonchev–Trinajstić information content (AvgIpc) is 3.62. The van der Waals surface area contributed by atoms with Crippen LogP contribution in [-0.2, 0) is 26.5 Å². The van der Waals surface area contributed by atoms with E-state index in [4.69, 9.17) is 4.74 Å². The SMILES string of the molecule is Cc1c[c-]c(-n2c3[c-]c(Oc4[c-]c(N5[CH-]N(c6cccc(C(C)(C)C)c6)c6ccccc65)ccc4)ccc3c3ccccc32)cc1C.[Pt+4]. The van der Waals surface area contributed by atoms with E-state index in [1.54, 1.807) is 0 Å². The molecule has 0 saturated heterocycles. The Hall–Kier alpha value is -4.79. The van der Waals surface area contributed by atoms with Gasteiger partial charge in [-0.25, -0.2) is 0 Å². The molecule has 8 rings (SSSR count). The largest absolute Gasteiger partial charge is 4.00 e. The van der Waals surface area contributed by atoms with Crippen LogP contribution < -0.4 is 14.5 Å². The maximum atomic E-state index is 6.48. The molecule has 0 amide bonds. The van der Waals surface area contributed by atoms with Gasteiger partial charge in [0, 0.05) is 34.1 Å². The molecule has 0 fully saturated rings. The van der Waals surface area contributed by atoms with E-state index in [1.807, 2.05) is 18.2 Å². The summed E-state index contributed by atoms with van der Waals surface area (Å²) < 4.78 is 8.71. The summed E-state index contributed by atoms with van der Waals surface area (Å²) in [5.41, 5.74) is 11.1. The predicted octanol–water partition coefficient (Wildman–Crippen LogP) is 11.3. The van der Waals surface area contributed by atoms with Crippen LogP contribution in [0.1, 0.15) is 37.5 Å². The van der Waals surface area contributed by atoms with Gasteiger partial charge < -0.3 is 19.1 Å². The third kappa shape index (κ3) is 5.59. The Balaban J connectivity index is 0.00000364. The van der Waals surface area contributed by atoms with E-state index in [9.17, 15) is 0 Å². The molecule has 0 atom stereocenters. The van der Waals surface area contributed by atoms with Crippen molar-refractivity contribution in [3.05, 3.63) is 157 Å². The number of aromatic nitrogens is 1. The fourth-order valence-corrected chi connectivity index (χ4v) is 6.36. The van der Waals surface area contributed by atoms with Crippen molar-refractivity contribution < 1.29 is 25.8 Å². The van der Waals surface area contributed by atoms with Gasteiger partial charge in [0.05, 0.1) is 0 Å². The van der Waals surface area contributed by atoms with Crippen LogP contribution in [0.3, 0.4) is 0 Å². The Morgan fingerprint density at radius 1 is 0.646 bits per heavy atom. The molecule has 6 aromatic carbocycles. The molecule has 0 bridgehead atoms. The van der Waals surface area contributed by atoms with E-state index in [1.165, 1.54) is 22.1 Å². The Bertz CT molecular complexity index is 2300. The minimum absolute atomic E-state index is 0. The molecular weight excluding hydrogens is 770 g/mol. The van der Waals surface area contributed by atoms with Crippen LogP contribution in [0.2, 0.25) is 0 Å². The zero-order valence-electron chi connectivity index (χ0n) is 27.6. The Morgan fingerprint density at radius 3 is 2.17 bits per heavy atom. The summed E-state index contributed by atoms with van der Waals surface area (Å²) in [6, 6.07) is 50.7. The third-order valence-electron chi connectivity index (χ3n) is 9.06. The molecule has 48 heavy (non-hydrogen) atoms. The molecule has 2 heterocycles. The summed E-state index contributed by atoms with van der Waals surface area (Å²) in [7, 11) is 0. The molecule has 7 aromatic rings. The van der Waals surface area contributed by atoms with E-state index < -0.39 is 0 Å². The molecule has 238 valence electrons. The van der Waals surface area contributed by atoms with Gasteiger partial charge >= 0.3 is 21.1 Å². The van der Waals surface area contributed by atoms with Crippen LogP contribution >= 0.6 is 0 Å². The normalized spacial score (nSPS) is 12.8. The van der Waals surface area contributed by atoms with Crippen molar-refractivity contribution in [2.45, 2.75) is 40.0 Å². The van der Waals surface area contributed by atoms with Gasteiger partial charge in [0.1, 0.15) is 0 Å². The maximum Gasteiger partial charge on any atom is 4.00 e. The third-order valence-corrected chi connectivity index (χ3v) is 9.06. The van der Waals surface area contributed by atoms with Crippen molar-refractivity contribution in [3.63, 3.8) is 0 Å². The van der Waals surface area contributed by atoms with E-state index in [2.05, 4.69) is 171 Å². The summed E-state index contributed by atoms with van der Waals surface area (Å²) in [5.74, 6) is 1.25. The minimum Gasteiger partial charge on any atom is -0.509 e. The summed E-state index contributed by atoms with van der Waals surface area (Å²) in [5, 5.41) is 2.29. The topological polar surface area (TPSA) is 20.6 Å². The Kier molecular flexibility index (Phi) is 8.17. The van der Waals surface area contributed by atoms with E-state index >= 15 is 0 Å². The molecule has 0 N–H and O–H groups in total. The van der Waals surface area contributed by atoms with Gasteiger partial charge in [-0.1, -0.05) is 88.3 Å². The molecule has 0 aliphatic carbocycles. The number of benzene rings is 6. The standard InChI is InChI=1S/C43H35N3O.Pt/c1-29-20-21-34(24-30(29)2)46-39-17-7-6-16-37(39)38-23-22-36(27-42(38)46)47-35-15-11-14-33(26-35)45-28-44(40-18-8-9-19-41(40)45)32-13-10-12-31(25-32)43(3,4)5;/h6-20,22-25,28H,1-5H3;/q-4;+4. The average molecular weight is 805 g/mol. The Morgan fingerprint density at radius 2 is 1.38 bits per heavy atom. The molecule has 1 aliphatic rings. The van der Waals surface area contributed by atoms with Crippen LogP contribution in [0.25, 0.3) is 27.5 Å². The first kappa shape index (κ1) is 31.8. The molecule has 1 aliphatic heterocycles. The zero-order chi connectivity index (χ0) is 32.3. The number of anilines is 4. The van der Waals surface area contributed by atoms with Crippen molar-refractivity contribution in [1.29, 1.82) is 0 Å². The number of hydrogen-bond donors (Lipinski definition) is 0. The molecule has 0 radical (unpaired) electrons. The number of hydrogen-bond acceptors (Lipinski definition) is 3. The van der Waals surface area contributed by atoms with Crippen molar-refractivity contribution in [2.24, 2.45) is 0 Å². The summed E-state index contributed by atoms with van der Waals surface area (Å²) in [6.45, 7) is 13.1. The van der Waals surface area contributed by atoms with E-state index in [0.29, 0.717) is 11.5 Å². The number of fused-ring (bicyclic) bond motifs is 4. The van der Waals surface area contributed by atoms with Crippen LogP contribution in [-0.4, -0.2) is 4.57 Å². The van der Waals surface area contributed by atoms with Gasteiger partial charge in [-0.05, 0) is 46.7 Å². The second kappa shape index (κ2) is 12.3. The molecular formula is C43H35N3OPt. The van der Waals surface area contributed by atoms with Crippen LogP contribution in [0.15, 0.2) is 115 Å². The molecule has 0 spiro atoms. The fourth-order valence-electron chi connectivity index (χ4n) is 6.36. The Labute approximate surface area is 297 Å². The number of nitrogens with zero attached hydrogens (tertiary/aromatic N) is 3. The number of ether oxygens (including phenoxy) is 1.